The minimum Gasteiger partial charge on any atom is -0.497 e. The van der Waals surface area contributed by atoms with Crippen molar-refractivity contribution < 1.29 is 19.4 Å². The lowest BCUT2D eigenvalue weighted by Crippen LogP contribution is -2.46. The van der Waals surface area contributed by atoms with Crippen LogP contribution in [0.25, 0.3) is 0 Å². The summed E-state index contributed by atoms with van der Waals surface area (Å²) in [6.07, 6.45) is 1.13. The first-order chi connectivity index (χ1) is 9.35. The molecule has 2 atom stereocenters. The molecular formula is C15H23NO4. The summed E-state index contributed by atoms with van der Waals surface area (Å²) >= 11 is 0. The topological polar surface area (TPSA) is 81.8 Å². The molecule has 3 N–H and O–H groups in total. The standard InChI is InChI=1S/C15H23NO4/c1-5-10(9-15(2,16)14(17)18)12-7-6-11(19-3)8-13(12)20-4/h6-8,10H,5,9,16H2,1-4H3,(H,17,18). The van der Waals surface area contributed by atoms with E-state index in [0.717, 1.165) is 12.0 Å². The zero-order valence-corrected chi connectivity index (χ0v) is 12.5. The molecule has 0 saturated carbocycles. The van der Waals surface area contributed by atoms with Gasteiger partial charge in [-0.3, -0.25) is 4.79 Å². The second-order valence-corrected chi connectivity index (χ2v) is 5.14. The van der Waals surface area contributed by atoms with Gasteiger partial charge < -0.3 is 20.3 Å². The van der Waals surface area contributed by atoms with Crippen LogP contribution in [0.15, 0.2) is 18.2 Å². The number of carboxylic acids is 1. The van der Waals surface area contributed by atoms with Crippen LogP contribution in [0.3, 0.4) is 0 Å². The van der Waals surface area contributed by atoms with Gasteiger partial charge in [0, 0.05) is 6.07 Å². The number of hydrogen-bond donors (Lipinski definition) is 2. The minimum absolute atomic E-state index is 0.0157. The van der Waals surface area contributed by atoms with E-state index < -0.39 is 11.5 Å². The fourth-order valence-corrected chi connectivity index (χ4v) is 2.23. The number of hydrogen-bond acceptors (Lipinski definition) is 4. The predicted molar refractivity (Wildman–Crippen MR) is 77.4 cm³/mol. The van der Waals surface area contributed by atoms with Gasteiger partial charge in [-0.15, -0.1) is 0 Å². The molecule has 0 aliphatic rings. The van der Waals surface area contributed by atoms with Gasteiger partial charge >= 0.3 is 5.97 Å². The highest BCUT2D eigenvalue weighted by Gasteiger charge is 2.32. The first-order valence-electron chi connectivity index (χ1n) is 6.60. The Bertz CT molecular complexity index is 471. The Morgan fingerprint density at radius 1 is 1.40 bits per heavy atom. The summed E-state index contributed by atoms with van der Waals surface area (Å²) in [4.78, 5) is 11.2. The fraction of sp³-hybridized carbons (Fsp3) is 0.533. The summed E-state index contributed by atoms with van der Waals surface area (Å²) in [5, 5.41) is 9.16. The van der Waals surface area contributed by atoms with Crippen LogP contribution >= 0.6 is 0 Å². The highest BCUT2D eigenvalue weighted by molar-refractivity contribution is 5.78. The second-order valence-electron chi connectivity index (χ2n) is 5.14. The SMILES string of the molecule is CCC(CC(C)(N)C(=O)O)c1ccc(OC)cc1OC. The third-order valence-corrected chi connectivity index (χ3v) is 3.53. The van der Waals surface area contributed by atoms with E-state index in [2.05, 4.69) is 0 Å². The van der Waals surface area contributed by atoms with Crippen molar-refractivity contribution in [3.63, 3.8) is 0 Å². The Labute approximate surface area is 119 Å². The van der Waals surface area contributed by atoms with E-state index in [-0.39, 0.29) is 5.92 Å². The molecule has 0 fully saturated rings. The molecule has 5 nitrogen and oxygen atoms in total. The van der Waals surface area contributed by atoms with Crippen molar-refractivity contribution in [2.24, 2.45) is 5.73 Å². The van der Waals surface area contributed by atoms with E-state index in [1.54, 1.807) is 20.3 Å². The molecule has 0 bridgehead atoms. The number of rotatable bonds is 7. The molecule has 0 aliphatic heterocycles. The number of aliphatic carboxylic acids is 1. The van der Waals surface area contributed by atoms with Crippen molar-refractivity contribution in [3.05, 3.63) is 23.8 Å². The summed E-state index contributed by atoms with van der Waals surface area (Å²) < 4.78 is 10.5. The van der Waals surface area contributed by atoms with Crippen molar-refractivity contribution in [1.29, 1.82) is 0 Å². The van der Waals surface area contributed by atoms with Crippen LogP contribution in [0.1, 0.15) is 38.2 Å². The molecular weight excluding hydrogens is 258 g/mol. The highest BCUT2D eigenvalue weighted by atomic mass is 16.5. The van der Waals surface area contributed by atoms with Crippen LogP contribution in [0, 0.1) is 0 Å². The smallest absolute Gasteiger partial charge is 0.323 e. The lowest BCUT2D eigenvalue weighted by molar-refractivity contribution is -0.143. The fourth-order valence-electron chi connectivity index (χ4n) is 2.23. The number of nitrogens with two attached hydrogens (primary N) is 1. The largest absolute Gasteiger partial charge is 0.497 e. The molecule has 20 heavy (non-hydrogen) atoms. The molecule has 1 aromatic carbocycles. The highest BCUT2D eigenvalue weighted by Crippen LogP contribution is 2.36. The molecule has 0 aliphatic carbocycles. The minimum atomic E-state index is -1.26. The van der Waals surface area contributed by atoms with Crippen molar-refractivity contribution >= 4 is 5.97 Å². The number of benzene rings is 1. The predicted octanol–water partition coefficient (Wildman–Crippen LogP) is 2.39. The Morgan fingerprint density at radius 3 is 2.50 bits per heavy atom. The van der Waals surface area contributed by atoms with E-state index in [1.807, 2.05) is 19.1 Å². The maximum absolute atomic E-state index is 11.2. The first kappa shape index (κ1) is 16.3. The third-order valence-electron chi connectivity index (χ3n) is 3.53. The van der Waals surface area contributed by atoms with Crippen LogP contribution < -0.4 is 15.2 Å². The molecule has 0 heterocycles. The number of carbonyl (C=O) groups is 1. The van der Waals surface area contributed by atoms with Gasteiger partial charge in [0.15, 0.2) is 0 Å². The molecule has 5 heteroatoms. The Balaban J connectivity index is 3.09. The number of carboxylic acid groups (broad SMARTS) is 1. The van der Waals surface area contributed by atoms with Gasteiger partial charge in [-0.25, -0.2) is 0 Å². The zero-order valence-electron chi connectivity index (χ0n) is 12.5. The van der Waals surface area contributed by atoms with Crippen LogP contribution in [0.5, 0.6) is 11.5 Å². The summed E-state index contributed by atoms with van der Waals surface area (Å²) in [5.74, 6) is 0.414. The molecule has 0 aromatic heterocycles. The van der Waals surface area contributed by atoms with Gasteiger partial charge in [-0.2, -0.15) is 0 Å². The first-order valence-corrected chi connectivity index (χ1v) is 6.60. The molecule has 1 rings (SSSR count). The maximum Gasteiger partial charge on any atom is 0.323 e. The van der Waals surface area contributed by atoms with Crippen LogP contribution in [0.2, 0.25) is 0 Å². The van der Waals surface area contributed by atoms with Crippen molar-refractivity contribution in [2.45, 2.75) is 38.1 Å². The Hall–Kier alpha value is -1.75. The normalized spacial score (nSPS) is 15.2. The number of ether oxygens (including phenoxy) is 2. The monoisotopic (exact) mass is 281 g/mol. The van der Waals surface area contributed by atoms with Crippen LogP contribution in [-0.4, -0.2) is 30.8 Å². The van der Waals surface area contributed by atoms with Crippen molar-refractivity contribution in [1.82, 2.24) is 0 Å². The summed E-state index contributed by atoms with van der Waals surface area (Å²) in [6.45, 7) is 3.54. The third kappa shape index (κ3) is 3.63. The molecule has 1 aromatic rings. The van der Waals surface area contributed by atoms with Gasteiger partial charge in [0.05, 0.1) is 14.2 Å². The van der Waals surface area contributed by atoms with Crippen LogP contribution in [0.4, 0.5) is 0 Å². The average Bonchev–Trinajstić information content (AvgIpc) is 2.43. The van der Waals surface area contributed by atoms with Gasteiger partial charge in [-0.1, -0.05) is 13.0 Å². The Morgan fingerprint density at radius 2 is 2.05 bits per heavy atom. The summed E-state index contributed by atoms with van der Waals surface area (Å²) in [5.41, 5.74) is 5.55. The van der Waals surface area contributed by atoms with Gasteiger partial charge in [0.1, 0.15) is 17.0 Å². The summed E-state index contributed by atoms with van der Waals surface area (Å²) in [7, 11) is 3.18. The molecule has 2 unspecified atom stereocenters. The van der Waals surface area contributed by atoms with E-state index in [0.29, 0.717) is 17.9 Å². The zero-order chi connectivity index (χ0) is 15.3. The summed E-state index contributed by atoms with van der Waals surface area (Å²) in [6, 6.07) is 5.55. The van der Waals surface area contributed by atoms with Gasteiger partial charge in [-0.05, 0) is 37.3 Å². The van der Waals surface area contributed by atoms with E-state index in [4.69, 9.17) is 20.3 Å². The second kappa shape index (κ2) is 6.61. The molecule has 0 spiro atoms. The van der Waals surface area contributed by atoms with E-state index in [1.165, 1.54) is 6.92 Å². The van der Waals surface area contributed by atoms with E-state index in [9.17, 15) is 4.79 Å². The molecule has 0 amide bonds. The number of methoxy groups -OCH3 is 2. The van der Waals surface area contributed by atoms with Crippen molar-refractivity contribution in [2.75, 3.05) is 14.2 Å². The maximum atomic E-state index is 11.2. The van der Waals surface area contributed by atoms with Gasteiger partial charge in [0.2, 0.25) is 0 Å². The van der Waals surface area contributed by atoms with Gasteiger partial charge in [0.25, 0.3) is 0 Å². The van der Waals surface area contributed by atoms with E-state index >= 15 is 0 Å². The lowest BCUT2D eigenvalue weighted by atomic mass is 9.83. The average molecular weight is 281 g/mol. The molecule has 0 radical (unpaired) electrons. The van der Waals surface area contributed by atoms with Crippen LogP contribution in [-0.2, 0) is 4.79 Å². The molecule has 112 valence electrons. The lowest BCUT2D eigenvalue weighted by Gasteiger charge is -2.26. The molecule has 0 saturated heterocycles. The Kier molecular flexibility index (Phi) is 5.39. The quantitative estimate of drug-likeness (QED) is 0.802. The van der Waals surface area contributed by atoms with Crippen molar-refractivity contribution in [3.8, 4) is 11.5 Å².